The van der Waals surface area contributed by atoms with Crippen molar-refractivity contribution in [2.45, 2.75) is 6.54 Å². The van der Waals surface area contributed by atoms with Gasteiger partial charge >= 0.3 is 0 Å². The minimum Gasteiger partial charge on any atom is -0.364 e. The first-order valence-corrected chi connectivity index (χ1v) is 7.01. The van der Waals surface area contributed by atoms with Crippen LogP contribution in [0.15, 0.2) is 54.6 Å². The SMILES string of the molecule is NC(=O)c1cc2ccccc2n1Cc1ccc(C(=O)NO)cc1. The molecule has 3 aromatic rings. The lowest BCUT2D eigenvalue weighted by atomic mass is 10.1. The fourth-order valence-corrected chi connectivity index (χ4v) is 2.59. The average molecular weight is 309 g/mol. The first kappa shape index (κ1) is 14.8. The summed E-state index contributed by atoms with van der Waals surface area (Å²) in [7, 11) is 0. The van der Waals surface area contributed by atoms with Gasteiger partial charge in [-0.2, -0.15) is 0 Å². The van der Waals surface area contributed by atoms with E-state index in [9.17, 15) is 9.59 Å². The zero-order valence-electron chi connectivity index (χ0n) is 12.2. The third kappa shape index (κ3) is 2.79. The molecule has 0 aliphatic heterocycles. The maximum Gasteiger partial charge on any atom is 0.274 e. The summed E-state index contributed by atoms with van der Waals surface area (Å²) in [6.45, 7) is 0.451. The first-order chi connectivity index (χ1) is 11.1. The standard InChI is InChI=1S/C17H15N3O3/c18-16(21)15-9-13-3-1-2-4-14(13)20(15)10-11-5-7-12(8-6-11)17(22)19-23/h1-9,23H,10H2,(H2,18,21)(H,19,22). The average Bonchev–Trinajstić information content (AvgIpc) is 2.94. The number of hydrogen-bond donors (Lipinski definition) is 3. The van der Waals surface area contributed by atoms with Crippen molar-refractivity contribution in [3.05, 3.63) is 71.4 Å². The molecule has 116 valence electrons. The van der Waals surface area contributed by atoms with E-state index in [1.807, 2.05) is 28.8 Å². The highest BCUT2D eigenvalue weighted by molar-refractivity contribution is 5.98. The van der Waals surface area contributed by atoms with E-state index in [0.29, 0.717) is 17.8 Å². The number of fused-ring (bicyclic) bond motifs is 1. The molecule has 1 heterocycles. The number of amides is 2. The predicted octanol–water partition coefficient (Wildman–Crippen LogP) is 1.91. The number of carbonyl (C=O) groups excluding carboxylic acids is 2. The highest BCUT2D eigenvalue weighted by Crippen LogP contribution is 2.21. The molecule has 1 aromatic heterocycles. The Labute approximate surface area is 132 Å². The number of para-hydroxylation sites is 1. The van der Waals surface area contributed by atoms with Crippen LogP contribution >= 0.6 is 0 Å². The molecule has 0 aliphatic rings. The van der Waals surface area contributed by atoms with Crippen molar-refractivity contribution in [2.24, 2.45) is 5.73 Å². The van der Waals surface area contributed by atoms with Gasteiger partial charge in [0, 0.05) is 23.0 Å². The van der Waals surface area contributed by atoms with Gasteiger partial charge in [0.2, 0.25) is 0 Å². The van der Waals surface area contributed by atoms with Crippen molar-refractivity contribution in [3.63, 3.8) is 0 Å². The molecule has 0 fully saturated rings. The molecule has 0 bridgehead atoms. The Morgan fingerprint density at radius 3 is 2.43 bits per heavy atom. The quantitative estimate of drug-likeness (QED) is 0.507. The zero-order valence-corrected chi connectivity index (χ0v) is 12.2. The number of nitrogens with two attached hydrogens (primary N) is 1. The van der Waals surface area contributed by atoms with Crippen molar-refractivity contribution < 1.29 is 14.8 Å². The Kier molecular flexibility index (Phi) is 3.82. The number of hydroxylamine groups is 1. The Hall–Kier alpha value is -3.12. The minimum absolute atomic E-state index is 0.351. The molecular formula is C17H15N3O3. The molecule has 4 N–H and O–H groups in total. The Morgan fingerprint density at radius 1 is 1.09 bits per heavy atom. The summed E-state index contributed by atoms with van der Waals surface area (Å²) < 4.78 is 1.85. The molecule has 0 spiro atoms. The van der Waals surface area contributed by atoms with E-state index in [2.05, 4.69) is 0 Å². The minimum atomic E-state index is -0.569. The van der Waals surface area contributed by atoms with Crippen molar-refractivity contribution in [1.29, 1.82) is 0 Å². The number of primary amides is 1. The molecule has 0 unspecified atom stereocenters. The number of carbonyl (C=O) groups is 2. The molecule has 0 atom stereocenters. The van der Waals surface area contributed by atoms with Crippen LogP contribution in [0.4, 0.5) is 0 Å². The van der Waals surface area contributed by atoms with Gasteiger partial charge in [-0.3, -0.25) is 14.8 Å². The van der Waals surface area contributed by atoms with Crippen LogP contribution in [-0.4, -0.2) is 21.6 Å². The first-order valence-electron chi connectivity index (χ1n) is 7.01. The third-order valence-electron chi connectivity index (χ3n) is 3.72. The summed E-state index contributed by atoms with van der Waals surface area (Å²) in [6, 6.07) is 16.2. The molecule has 0 saturated carbocycles. The molecule has 6 nitrogen and oxygen atoms in total. The van der Waals surface area contributed by atoms with Crippen LogP contribution in [-0.2, 0) is 6.54 Å². The second kappa shape index (κ2) is 5.94. The summed E-state index contributed by atoms with van der Waals surface area (Å²) in [5.74, 6) is -1.06. The second-order valence-electron chi connectivity index (χ2n) is 5.18. The van der Waals surface area contributed by atoms with Crippen molar-refractivity contribution >= 4 is 22.7 Å². The topological polar surface area (TPSA) is 97.4 Å². The summed E-state index contributed by atoms with van der Waals surface area (Å²) >= 11 is 0. The van der Waals surface area contributed by atoms with Gasteiger partial charge in [0.15, 0.2) is 0 Å². The predicted molar refractivity (Wildman–Crippen MR) is 85.3 cm³/mol. The normalized spacial score (nSPS) is 10.7. The van der Waals surface area contributed by atoms with E-state index in [4.69, 9.17) is 10.9 Å². The maximum atomic E-state index is 11.7. The lowest BCUT2D eigenvalue weighted by Crippen LogP contribution is -2.19. The van der Waals surface area contributed by atoms with E-state index >= 15 is 0 Å². The molecule has 6 heteroatoms. The van der Waals surface area contributed by atoms with Gasteiger partial charge in [-0.25, -0.2) is 5.48 Å². The molecule has 2 aromatic carbocycles. The van der Waals surface area contributed by atoms with Crippen molar-refractivity contribution in [2.75, 3.05) is 0 Å². The highest BCUT2D eigenvalue weighted by Gasteiger charge is 2.13. The van der Waals surface area contributed by atoms with Crippen LogP contribution in [0, 0.1) is 0 Å². The maximum absolute atomic E-state index is 11.7. The Morgan fingerprint density at radius 2 is 1.78 bits per heavy atom. The van der Waals surface area contributed by atoms with E-state index < -0.39 is 11.8 Å². The van der Waals surface area contributed by atoms with Gasteiger partial charge in [-0.15, -0.1) is 0 Å². The van der Waals surface area contributed by atoms with Crippen molar-refractivity contribution in [1.82, 2.24) is 10.0 Å². The van der Waals surface area contributed by atoms with Crippen LogP contribution in [0.5, 0.6) is 0 Å². The zero-order chi connectivity index (χ0) is 16.4. The highest BCUT2D eigenvalue weighted by atomic mass is 16.5. The Balaban J connectivity index is 1.99. The van der Waals surface area contributed by atoms with Gasteiger partial charge in [-0.05, 0) is 29.8 Å². The largest absolute Gasteiger partial charge is 0.364 e. The fourth-order valence-electron chi connectivity index (χ4n) is 2.59. The van der Waals surface area contributed by atoms with Gasteiger partial charge in [-0.1, -0.05) is 30.3 Å². The van der Waals surface area contributed by atoms with Crippen LogP contribution in [0.2, 0.25) is 0 Å². The van der Waals surface area contributed by atoms with Crippen LogP contribution in [0.1, 0.15) is 26.4 Å². The second-order valence-corrected chi connectivity index (χ2v) is 5.18. The van der Waals surface area contributed by atoms with Crippen LogP contribution in [0.25, 0.3) is 10.9 Å². The van der Waals surface area contributed by atoms with Crippen LogP contribution in [0.3, 0.4) is 0 Å². The summed E-state index contributed by atoms with van der Waals surface area (Å²) in [5, 5.41) is 9.57. The van der Waals surface area contributed by atoms with E-state index in [0.717, 1.165) is 16.5 Å². The molecule has 2 amide bonds. The van der Waals surface area contributed by atoms with E-state index in [1.54, 1.807) is 35.8 Å². The smallest absolute Gasteiger partial charge is 0.274 e. The third-order valence-corrected chi connectivity index (χ3v) is 3.72. The van der Waals surface area contributed by atoms with Crippen LogP contribution < -0.4 is 11.2 Å². The molecule has 0 radical (unpaired) electrons. The summed E-state index contributed by atoms with van der Waals surface area (Å²) in [4.78, 5) is 23.0. The van der Waals surface area contributed by atoms with E-state index in [1.165, 1.54) is 0 Å². The van der Waals surface area contributed by atoms with Gasteiger partial charge < -0.3 is 10.3 Å². The molecule has 0 saturated heterocycles. The summed E-state index contributed by atoms with van der Waals surface area (Å²) in [5.41, 5.74) is 9.67. The number of hydrogen-bond acceptors (Lipinski definition) is 3. The molecule has 23 heavy (non-hydrogen) atoms. The van der Waals surface area contributed by atoms with Gasteiger partial charge in [0.1, 0.15) is 5.69 Å². The molecule has 0 aliphatic carbocycles. The molecular weight excluding hydrogens is 294 g/mol. The number of benzene rings is 2. The number of nitrogens with zero attached hydrogens (tertiary/aromatic N) is 1. The monoisotopic (exact) mass is 309 g/mol. The van der Waals surface area contributed by atoms with E-state index in [-0.39, 0.29) is 0 Å². The van der Waals surface area contributed by atoms with Gasteiger partial charge in [0.25, 0.3) is 11.8 Å². The summed E-state index contributed by atoms with van der Waals surface area (Å²) in [6.07, 6.45) is 0. The fraction of sp³-hybridized carbons (Fsp3) is 0.0588. The van der Waals surface area contributed by atoms with Gasteiger partial charge in [0.05, 0.1) is 0 Å². The number of rotatable bonds is 4. The number of aromatic nitrogens is 1. The number of nitrogens with one attached hydrogen (secondary N) is 1. The van der Waals surface area contributed by atoms with Crippen molar-refractivity contribution in [3.8, 4) is 0 Å². The Bertz CT molecular complexity index is 882. The lowest BCUT2D eigenvalue weighted by molar-refractivity contribution is 0.0706. The molecule has 3 rings (SSSR count). The lowest BCUT2D eigenvalue weighted by Gasteiger charge is -2.09.